The van der Waals surface area contributed by atoms with E-state index in [0.29, 0.717) is 16.3 Å². The maximum atomic E-state index is 13.3. The van der Waals surface area contributed by atoms with Crippen LogP contribution < -0.4 is 5.32 Å². The van der Waals surface area contributed by atoms with Crippen molar-refractivity contribution in [3.63, 3.8) is 0 Å². The second-order valence-electron chi connectivity index (χ2n) is 7.75. The van der Waals surface area contributed by atoms with Gasteiger partial charge in [0.2, 0.25) is 5.91 Å². The third kappa shape index (κ3) is 4.54. The number of carbonyl (C=O) groups is 1. The van der Waals surface area contributed by atoms with Crippen LogP contribution in [0.15, 0.2) is 54.7 Å². The van der Waals surface area contributed by atoms with E-state index in [0.717, 1.165) is 21.7 Å². The van der Waals surface area contributed by atoms with Crippen LogP contribution in [0.2, 0.25) is 5.02 Å². The first-order chi connectivity index (χ1) is 15.5. The molecule has 1 amide bonds. The Balaban J connectivity index is 1.61. The van der Waals surface area contributed by atoms with Crippen molar-refractivity contribution in [2.24, 2.45) is 7.05 Å². The summed E-state index contributed by atoms with van der Waals surface area (Å²) in [5, 5.41) is 17.3. The van der Waals surface area contributed by atoms with Gasteiger partial charge in [-0.2, -0.15) is 18.3 Å². The molecule has 10 heteroatoms. The van der Waals surface area contributed by atoms with Gasteiger partial charge in [-0.1, -0.05) is 17.7 Å². The van der Waals surface area contributed by atoms with Crippen molar-refractivity contribution >= 4 is 28.4 Å². The van der Waals surface area contributed by atoms with Gasteiger partial charge in [-0.15, -0.1) is 0 Å². The molecular weight excluding hydrogens is 457 g/mol. The third-order valence-corrected chi connectivity index (χ3v) is 5.67. The first kappa shape index (κ1) is 22.7. The molecule has 0 spiro atoms. The maximum Gasteiger partial charge on any atom is 0.435 e. The van der Waals surface area contributed by atoms with Crippen LogP contribution in [0.5, 0.6) is 5.75 Å². The third-order valence-electron chi connectivity index (χ3n) is 5.43. The molecule has 172 valence electrons. The summed E-state index contributed by atoms with van der Waals surface area (Å²) in [7, 11) is 1.83. The predicted octanol–water partition coefficient (Wildman–Crippen LogP) is 5.16. The normalized spacial score (nSPS) is 12.8. The Hall–Kier alpha value is -3.46. The van der Waals surface area contributed by atoms with Crippen LogP contribution in [0, 0.1) is 0 Å². The number of fused-ring (bicyclic) bond motifs is 1. The summed E-state index contributed by atoms with van der Waals surface area (Å²) in [5.74, 6) is -0.911. The molecule has 6 nitrogen and oxygen atoms in total. The quantitative estimate of drug-likeness (QED) is 0.418. The summed E-state index contributed by atoms with van der Waals surface area (Å²) in [5.41, 5.74) is 0.973. The number of rotatable bonds is 5. The van der Waals surface area contributed by atoms with Gasteiger partial charge in [0.25, 0.3) is 0 Å². The molecule has 0 fully saturated rings. The number of benzene rings is 2. The average molecular weight is 477 g/mol. The molecule has 4 aromatic rings. The second kappa shape index (κ2) is 8.47. The monoisotopic (exact) mass is 476 g/mol. The molecule has 0 bridgehead atoms. The van der Waals surface area contributed by atoms with Crippen molar-refractivity contribution in [1.82, 2.24) is 19.7 Å². The molecule has 0 aliphatic carbocycles. The average Bonchev–Trinajstić information content (AvgIpc) is 3.33. The van der Waals surface area contributed by atoms with Gasteiger partial charge in [0.15, 0.2) is 5.69 Å². The van der Waals surface area contributed by atoms with E-state index in [-0.39, 0.29) is 23.9 Å². The fraction of sp³-hybridized carbons (Fsp3) is 0.217. The lowest BCUT2D eigenvalue weighted by Gasteiger charge is -2.13. The van der Waals surface area contributed by atoms with Crippen LogP contribution in [-0.4, -0.2) is 25.4 Å². The molecule has 1 unspecified atom stereocenters. The summed E-state index contributed by atoms with van der Waals surface area (Å²) in [6.07, 6.45) is -2.84. The zero-order valence-electron chi connectivity index (χ0n) is 17.7. The summed E-state index contributed by atoms with van der Waals surface area (Å²) in [6, 6.07) is 12.1. The number of aromatic hydroxyl groups is 1. The minimum atomic E-state index is -4.64. The number of carbonyl (C=O) groups excluding carboxylic acids is 1. The van der Waals surface area contributed by atoms with Gasteiger partial charge in [0, 0.05) is 29.2 Å². The van der Waals surface area contributed by atoms with E-state index in [1.807, 2.05) is 11.6 Å². The second-order valence-corrected chi connectivity index (χ2v) is 8.18. The lowest BCUT2D eigenvalue weighted by molar-refractivity contribution is -0.141. The standard InChI is InChI=1S/C23H20ClF3N4O2/c1-13(19-12-30(2)20-7-6-17(32)10-18(19)20)22(33)28-11-16-9-21(23(25,26)27)29-31(16)15-5-3-4-14(24)8-15/h3-10,12-13,32H,11H2,1-2H3,(H,28,33). The molecule has 33 heavy (non-hydrogen) atoms. The smallest absolute Gasteiger partial charge is 0.435 e. The Bertz CT molecular complexity index is 1340. The maximum absolute atomic E-state index is 13.3. The first-order valence-corrected chi connectivity index (χ1v) is 10.4. The van der Waals surface area contributed by atoms with Crippen LogP contribution >= 0.6 is 11.6 Å². The highest BCUT2D eigenvalue weighted by atomic mass is 35.5. The van der Waals surface area contributed by atoms with E-state index in [2.05, 4.69) is 10.4 Å². The van der Waals surface area contributed by atoms with Crippen LogP contribution in [0.1, 0.15) is 29.8 Å². The van der Waals surface area contributed by atoms with Crippen molar-refractivity contribution in [3.05, 3.63) is 76.7 Å². The summed E-state index contributed by atoms with van der Waals surface area (Å²) >= 11 is 5.99. The highest BCUT2D eigenvalue weighted by Gasteiger charge is 2.35. The summed E-state index contributed by atoms with van der Waals surface area (Å²) in [6.45, 7) is 1.53. The number of hydrogen-bond acceptors (Lipinski definition) is 3. The lowest BCUT2D eigenvalue weighted by Crippen LogP contribution is -2.28. The van der Waals surface area contributed by atoms with Gasteiger partial charge in [-0.05, 0) is 55.0 Å². The van der Waals surface area contributed by atoms with E-state index in [4.69, 9.17) is 11.6 Å². The Kier molecular flexibility index (Phi) is 5.84. The van der Waals surface area contributed by atoms with Crippen LogP contribution in [0.25, 0.3) is 16.6 Å². The van der Waals surface area contributed by atoms with Crippen molar-refractivity contribution in [3.8, 4) is 11.4 Å². The van der Waals surface area contributed by atoms with Gasteiger partial charge in [0.1, 0.15) is 5.75 Å². The molecule has 0 saturated heterocycles. The van der Waals surface area contributed by atoms with Crippen LogP contribution in [-0.2, 0) is 24.6 Å². The summed E-state index contributed by atoms with van der Waals surface area (Å²) < 4.78 is 42.9. The molecule has 1 atom stereocenters. The number of aryl methyl sites for hydroxylation is 1. The van der Waals surface area contributed by atoms with Crippen molar-refractivity contribution in [1.29, 1.82) is 0 Å². The van der Waals surface area contributed by atoms with Gasteiger partial charge < -0.3 is 15.0 Å². The Labute approximate surface area is 192 Å². The minimum absolute atomic E-state index is 0.0765. The van der Waals surface area contributed by atoms with Crippen molar-refractivity contribution in [2.45, 2.75) is 25.6 Å². The highest BCUT2D eigenvalue weighted by molar-refractivity contribution is 6.30. The van der Waals surface area contributed by atoms with E-state index in [9.17, 15) is 23.1 Å². The highest BCUT2D eigenvalue weighted by Crippen LogP contribution is 2.31. The van der Waals surface area contributed by atoms with Gasteiger partial charge >= 0.3 is 6.18 Å². The fourth-order valence-corrected chi connectivity index (χ4v) is 3.93. The molecule has 0 aliphatic heterocycles. The molecule has 0 saturated carbocycles. The Morgan fingerprint density at radius 1 is 1.21 bits per heavy atom. The molecule has 4 rings (SSSR count). The number of halogens is 4. The fourth-order valence-electron chi connectivity index (χ4n) is 3.74. The minimum Gasteiger partial charge on any atom is -0.508 e. The van der Waals surface area contributed by atoms with E-state index >= 15 is 0 Å². The van der Waals surface area contributed by atoms with E-state index in [1.165, 1.54) is 6.07 Å². The molecule has 2 aromatic carbocycles. The Morgan fingerprint density at radius 2 is 1.97 bits per heavy atom. The number of alkyl halides is 3. The van der Waals surface area contributed by atoms with Crippen molar-refractivity contribution in [2.75, 3.05) is 0 Å². The molecule has 0 radical (unpaired) electrons. The lowest BCUT2D eigenvalue weighted by atomic mass is 9.99. The number of hydrogen-bond donors (Lipinski definition) is 2. The Morgan fingerprint density at radius 3 is 2.67 bits per heavy atom. The number of amides is 1. The zero-order chi connectivity index (χ0) is 23.9. The number of aromatic nitrogens is 3. The molecule has 0 aliphatic rings. The zero-order valence-corrected chi connectivity index (χ0v) is 18.4. The van der Waals surface area contributed by atoms with Crippen LogP contribution in [0.3, 0.4) is 0 Å². The van der Waals surface area contributed by atoms with Gasteiger partial charge in [0.05, 0.1) is 23.8 Å². The molecular formula is C23H20ClF3N4O2. The molecule has 2 N–H and O–H groups in total. The number of nitrogens with zero attached hydrogens (tertiary/aromatic N) is 3. The number of phenolic OH excluding ortho intramolecular Hbond substituents is 1. The number of nitrogens with one attached hydrogen (secondary N) is 1. The topological polar surface area (TPSA) is 72.1 Å². The van der Waals surface area contributed by atoms with Gasteiger partial charge in [-0.3, -0.25) is 4.79 Å². The van der Waals surface area contributed by atoms with Crippen LogP contribution in [0.4, 0.5) is 13.2 Å². The predicted molar refractivity (Wildman–Crippen MR) is 118 cm³/mol. The van der Waals surface area contributed by atoms with E-state index < -0.39 is 17.8 Å². The first-order valence-electron chi connectivity index (χ1n) is 10.0. The SMILES string of the molecule is CC(C(=O)NCc1cc(C(F)(F)F)nn1-c1cccc(Cl)c1)c1cn(C)c2ccc(O)cc12. The van der Waals surface area contributed by atoms with Crippen molar-refractivity contribution < 1.29 is 23.1 Å². The number of phenols is 1. The van der Waals surface area contributed by atoms with Gasteiger partial charge in [-0.25, -0.2) is 4.68 Å². The van der Waals surface area contributed by atoms with E-state index in [1.54, 1.807) is 49.5 Å². The largest absolute Gasteiger partial charge is 0.508 e. The molecule has 2 aromatic heterocycles. The summed E-state index contributed by atoms with van der Waals surface area (Å²) in [4.78, 5) is 12.9. The molecule has 2 heterocycles.